The second kappa shape index (κ2) is 6.27. The van der Waals surface area contributed by atoms with E-state index in [4.69, 9.17) is 4.74 Å². The molecule has 2 aromatic rings. The molecule has 5 nitrogen and oxygen atoms in total. The van der Waals surface area contributed by atoms with Gasteiger partial charge < -0.3 is 15.0 Å². The fourth-order valence-electron chi connectivity index (χ4n) is 2.51. The Kier molecular flexibility index (Phi) is 4.20. The molecule has 0 bridgehead atoms. The average Bonchev–Trinajstić information content (AvgIpc) is 2.44. The molecule has 0 saturated carbocycles. The smallest absolute Gasteiger partial charge is 0.156 e. The van der Waals surface area contributed by atoms with E-state index in [2.05, 4.69) is 20.2 Å². The fraction of sp³-hybridized carbons (Fsp3) is 0.375. The van der Waals surface area contributed by atoms with Crippen LogP contribution in [0.25, 0.3) is 0 Å². The Morgan fingerprint density at radius 2 is 2.00 bits per heavy atom. The van der Waals surface area contributed by atoms with Crippen molar-refractivity contribution in [2.24, 2.45) is 0 Å². The SMILES string of the molecule is COCc1nc(C)cc(N2CC(Nc3ccc(F)cc3)C2)n1. The van der Waals surface area contributed by atoms with Crippen molar-refractivity contribution in [1.82, 2.24) is 9.97 Å². The van der Waals surface area contributed by atoms with Crippen molar-refractivity contribution in [3.05, 3.63) is 47.7 Å². The first kappa shape index (κ1) is 14.7. The zero-order chi connectivity index (χ0) is 15.5. The van der Waals surface area contributed by atoms with Crippen LogP contribution in [0.2, 0.25) is 0 Å². The molecule has 6 heteroatoms. The lowest BCUT2D eigenvalue weighted by atomic mass is 10.1. The number of hydrogen-bond donors (Lipinski definition) is 1. The predicted molar refractivity (Wildman–Crippen MR) is 83.5 cm³/mol. The molecule has 116 valence electrons. The third-order valence-corrected chi connectivity index (χ3v) is 3.58. The molecule has 0 spiro atoms. The molecule has 0 aliphatic carbocycles. The number of nitrogens with one attached hydrogen (secondary N) is 1. The summed E-state index contributed by atoms with van der Waals surface area (Å²) in [4.78, 5) is 11.0. The lowest BCUT2D eigenvalue weighted by Crippen LogP contribution is -2.55. The summed E-state index contributed by atoms with van der Waals surface area (Å²) < 4.78 is 18.0. The number of aryl methyl sites for hydroxylation is 1. The van der Waals surface area contributed by atoms with E-state index in [1.165, 1.54) is 12.1 Å². The third-order valence-electron chi connectivity index (χ3n) is 3.58. The van der Waals surface area contributed by atoms with Crippen molar-refractivity contribution in [2.75, 3.05) is 30.4 Å². The van der Waals surface area contributed by atoms with Gasteiger partial charge in [-0.3, -0.25) is 0 Å². The highest BCUT2D eigenvalue weighted by atomic mass is 19.1. The average molecular weight is 302 g/mol. The van der Waals surface area contributed by atoms with Crippen LogP contribution in [-0.4, -0.2) is 36.2 Å². The predicted octanol–water partition coefficient (Wildman–Crippen LogP) is 2.37. The summed E-state index contributed by atoms with van der Waals surface area (Å²) in [5.74, 6) is 1.41. The topological polar surface area (TPSA) is 50.3 Å². The fourth-order valence-corrected chi connectivity index (χ4v) is 2.51. The Hall–Kier alpha value is -2.21. The van der Waals surface area contributed by atoms with Gasteiger partial charge in [-0.2, -0.15) is 0 Å². The van der Waals surface area contributed by atoms with Crippen LogP contribution in [0.5, 0.6) is 0 Å². The molecule has 1 saturated heterocycles. The monoisotopic (exact) mass is 302 g/mol. The van der Waals surface area contributed by atoms with Gasteiger partial charge in [-0.1, -0.05) is 0 Å². The Labute approximate surface area is 129 Å². The lowest BCUT2D eigenvalue weighted by Gasteiger charge is -2.41. The van der Waals surface area contributed by atoms with Gasteiger partial charge in [0.25, 0.3) is 0 Å². The van der Waals surface area contributed by atoms with Crippen molar-refractivity contribution in [3.63, 3.8) is 0 Å². The number of anilines is 2. The van der Waals surface area contributed by atoms with Crippen molar-refractivity contribution < 1.29 is 9.13 Å². The van der Waals surface area contributed by atoms with Gasteiger partial charge in [-0.15, -0.1) is 0 Å². The first-order valence-electron chi connectivity index (χ1n) is 7.24. The van der Waals surface area contributed by atoms with Crippen LogP contribution in [0.15, 0.2) is 30.3 Å². The zero-order valence-electron chi connectivity index (χ0n) is 12.7. The van der Waals surface area contributed by atoms with E-state index in [1.54, 1.807) is 19.2 Å². The highest BCUT2D eigenvalue weighted by molar-refractivity contribution is 5.49. The Morgan fingerprint density at radius 1 is 1.27 bits per heavy atom. The summed E-state index contributed by atoms with van der Waals surface area (Å²) in [6, 6.07) is 8.75. The van der Waals surface area contributed by atoms with Crippen LogP contribution in [0.3, 0.4) is 0 Å². The van der Waals surface area contributed by atoms with Gasteiger partial charge >= 0.3 is 0 Å². The molecule has 1 aliphatic heterocycles. The maximum atomic E-state index is 12.9. The third kappa shape index (κ3) is 3.33. The van der Waals surface area contributed by atoms with Gasteiger partial charge in [0.15, 0.2) is 5.82 Å². The highest BCUT2D eigenvalue weighted by Crippen LogP contribution is 2.22. The van der Waals surface area contributed by atoms with Crippen molar-refractivity contribution in [2.45, 2.75) is 19.6 Å². The number of aromatic nitrogens is 2. The molecule has 1 aliphatic rings. The van der Waals surface area contributed by atoms with E-state index in [0.29, 0.717) is 18.5 Å². The summed E-state index contributed by atoms with van der Waals surface area (Å²) in [5, 5.41) is 3.38. The van der Waals surface area contributed by atoms with Crippen LogP contribution >= 0.6 is 0 Å². The number of rotatable bonds is 5. The molecule has 0 unspecified atom stereocenters. The van der Waals surface area contributed by atoms with Crippen LogP contribution in [0.4, 0.5) is 15.9 Å². The second-order valence-corrected chi connectivity index (χ2v) is 5.47. The molecule has 0 atom stereocenters. The Bertz CT molecular complexity index is 641. The molecular weight excluding hydrogens is 283 g/mol. The summed E-state index contributed by atoms with van der Waals surface area (Å²) in [7, 11) is 1.64. The minimum absolute atomic E-state index is 0.220. The van der Waals surface area contributed by atoms with Crippen molar-refractivity contribution in [3.8, 4) is 0 Å². The summed E-state index contributed by atoms with van der Waals surface area (Å²) in [6.07, 6.45) is 0. The van der Waals surface area contributed by atoms with Gasteiger partial charge in [-0.25, -0.2) is 14.4 Å². The van der Waals surface area contributed by atoms with E-state index in [1.807, 2.05) is 13.0 Å². The van der Waals surface area contributed by atoms with Gasteiger partial charge in [0, 0.05) is 37.6 Å². The van der Waals surface area contributed by atoms with E-state index in [9.17, 15) is 4.39 Å². The molecule has 1 fully saturated rings. The van der Waals surface area contributed by atoms with E-state index < -0.39 is 0 Å². The van der Waals surface area contributed by atoms with E-state index in [-0.39, 0.29) is 5.82 Å². The molecule has 3 rings (SSSR count). The second-order valence-electron chi connectivity index (χ2n) is 5.47. The number of benzene rings is 1. The maximum Gasteiger partial charge on any atom is 0.156 e. The molecule has 0 amide bonds. The van der Waals surface area contributed by atoms with Crippen LogP contribution in [0.1, 0.15) is 11.5 Å². The number of hydrogen-bond acceptors (Lipinski definition) is 5. The number of methoxy groups -OCH3 is 1. The molecule has 0 radical (unpaired) electrons. The zero-order valence-corrected chi connectivity index (χ0v) is 12.7. The summed E-state index contributed by atoms with van der Waals surface area (Å²) in [6.45, 7) is 4.10. The van der Waals surface area contributed by atoms with Crippen molar-refractivity contribution in [1.29, 1.82) is 0 Å². The van der Waals surface area contributed by atoms with E-state index in [0.717, 1.165) is 30.3 Å². The van der Waals surface area contributed by atoms with Gasteiger partial charge in [0.1, 0.15) is 18.2 Å². The summed E-state index contributed by atoms with van der Waals surface area (Å²) >= 11 is 0. The largest absolute Gasteiger partial charge is 0.379 e. The molecule has 1 aromatic heterocycles. The summed E-state index contributed by atoms with van der Waals surface area (Å²) in [5.41, 5.74) is 1.87. The van der Waals surface area contributed by atoms with Crippen LogP contribution in [0, 0.1) is 12.7 Å². The van der Waals surface area contributed by atoms with E-state index >= 15 is 0 Å². The number of ether oxygens (including phenoxy) is 1. The minimum atomic E-state index is -0.220. The number of halogens is 1. The molecular formula is C16H19FN4O. The van der Waals surface area contributed by atoms with Crippen LogP contribution in [-0.2, 0) is 11.3 Å². The van der Waals surface area contributed by atoms with Gasteiger partial charge in [-0.05, 0) is 31.2 Å². The number of nitrogens with zero attached hydrogens (tertiary/aromatic N) is 3. The van der Waals surface area contributed by atoms with Gasteiger partial charge in [0.2, 0.25) is 0 Å². The quantitative estimate of drug-likeness (QED) is 0.919. The van der Waals surface area contributed by atoms with Gasteiger partial charge in [0.05, 0.1) is 6.04 Å². The normalized spacial score (nSPS) is 14.8. The molecule has 1 aromatic carbocycles. The molecule has 22 heavy (non-hydrogen) atoms. The van der Waals surface area contributed by atoms with Crippen LogP contribution < -0.4 is 10.2 Å². The highest BCUT2D eigenvalue weighted by Gasteiger charge is 2.28. The first-order chi connectivity index (χ1) is 10.6. The Balaban J connectivity index is 1.59. The minimum Gasteiger partial charge on any atom is -0.379 e. The standard InChI is InChI=1S/C16H19FN4O/c1-11-7-16(20-15(18-11)10-22-2)21-8-14(9-21)19-13-5-3-12(17)4-6-13/h3-7,14,19H,8-10H2,1-2H3. The first-order valence-corrected chi connectivity index (χ1v) is 7.24. The van der Waals surface area contributed by atoms with Crippen molar-refractivity contribution >= 4 is 11.5 Å². The Morgan fingerprint density at radius 3 is 2.68 bits per heavy atom. The molecule has 1 N–H and O–H groups in total. The molecule has 2 heterocycles. The maximum absolute atomic E-state index is 12.9. The lowest BCUT2D eigenvalue weighted by molar-refractivity contribution is 0.177.